The minimum atomic E-state index is -1.20. The lowest BCUT2D eigenvalue weighted by Gasteiger charge is -2.06. The maximum Gasteiger partial charge on any atom is 0.307 e. The lowest BCUT2D eigenvalue weighted by molar-refractivity contribution is -0.387. The number of nitrogens with one attached hydrogen (secondary N) is 1. The van der Waals surface area contributed by atoms with Crippen LogP contribution in [-0.2, 0) is 6.54 Å². The average Bonchev–Trinajstić information content (AvgIpc) is 2.73. The zero-order valence-corrected chi connectivity index (χ0v) is 10.9. The molecule has 0 amide bonds. The highest BCUT2D eigenvalue weighted by molar-refractivity contribution is 7.10. The van der Waals surface area contributed by atoms with Crippen molar-refractivity contribution in [2.45, 2.75) is 6.54 Å². The smallest absolute Gasteiger partial charge is 0.307 e. The predicted octanol–water partition coefficient (Wildman–Crippen LogP) is 4.20. The van der Waals surface area contributed by atoms with Crippen LogP contribution in [0.5, 0.6) is 0 Å². The Morgan fingerprint density at radius 3 is 2.63 bits per heavy atom. The summed E-state index contributed by atoms with van der Waals surface area (Å²) in [6.07, 6.45) is 0. The van der Waals surface area contributed by atoms with Crippen LogP contribution in [-0.4, -0.2) is 4.92 Å². The first-order valence-electron chi connectivity index (χ1n) is 5.07. The van der Waals surface area contributed by atoms with Crippen LogP contribution >= 0.6 is 22.9 Å². The molecular weight excluding hydrogens is 298 g/mol. The number of hydrogen-bond donors (Lipinski definition) is 1. The summed E-state index contributed by atoms with van der Waals surface area (Å²) in [6.45, 7) is 0.247. The first-order valence-corrected chi connectivity index (χ1v) is 6.33. The molecule has 0 spiro atoms. The van der Waals surface area contributed by atoms with Crippen LogP contribution in [0.3, 0.4) is 0 Å². The number of rotatable bonds is 4. The molecule has 0 bridgehead atoms. The second-order valence-corrected chi connectivity index (χ2v) is 5.06. The van der Waals surface area contributed by atoms with Gasteiger partial charge in [0.05, 0.1) is 15.6 Å². The summed E-state index contributed by atoms with van der Waals surface area (Å²) in [5.74, 6) is -2.09. The minimum Gasteiger partial charge on any atom is -0.378 e. The fraction of sp³-hybridized carbons (Fsp3) is 0.0909. The molecule has 4 nitrogen and oxygen atoms in total. The molecule has 1 aromatic heterocycles. The van der Waals surface area contributed by atoms with Gasteiger partial charge in [0, 0.05) is 28.9 Å². The van der Waals surface area contributed by atoms with Crippen LogP contribution in [0.4, 0.5) is 20.2 Å². The van der Waals surface area contributed by atoms with Crippen LogP contribution in [0.2, 0.25) is 5.02 Å². The number of nitro groups is 1. The molecule has 0 aliphatic carbocycles. The Labute approximate surface area is 115 Å². The van der Waals surface area contributed by atoms with Gasteiger partial charge in [-0.25, -0.2) is 4.39 Å². The summed E-state index contributed by atoms with van der Waals surface area (Å²) in [7, 11) is 0. The summed E-state index contributed by atoms with van der Waals surface area (Å²) >= 11 is 7.09. The van der Waals surface area contributed by atoms with Gasteiger partial charge in [0.2, 0.25) is 5.82 Å². The fourth-order valence-electron chi connectivity index (χ4n) is 1.44. The molecule has 1 aromatic carbocycles. The van der Waals surface area contributed by atoms with Crippen LogP contribution in [0, 0.1) is 21.7 Å². The number of benzene rings is 1. The van der Waals surface area contributed by atoms with Crippen LogP contribution in [0.15, 0.2) is 23.6 Å². The van der Waals surface area contributed by atoms with Gasteiger partial charge in [0.25, 0.3) is 0 Å². The number of anilines is 1. The number of nitro benzene ring substituents is 1. The molecule has 19 heavy (non-hydrogen) atoms. The first-order chi connectivity index (χ1) is 8.97. The quantitative estimate of drug-likeness (QED) is 0.680. The summed E-state index contributed by atoms with van der Waals surface area (Å²) in [5, 5.41) is 15.5. The van der Waals surface area contributed by atoms with E-state index in [1.807, 2.05) is 0 Å². The van der Waals surface area contributed by atoms with E-state index in [-0.39, 0.29) is 12.2 Å². The van der Waals surface area contributed by atoms with Crippen molar-refractivity contribution in [3.63, 3.8) is 0 Å². The van der Waals surface area contributed by atoms with Gasteiger partial charge in [-0.2, -0.15) is 4.39 Å². The standard InChI is InChI=1S/C11H7ClF2N2O2S/c12-6-1-7(19-5-6)4-15-10-3-11(16(17)18)9(14)2-8(10)13/h1-3,5,15H,4H2. The van der Waals surface area contributed by atoms with Gasteiger partial charge in [-0.05, 0) is 6.07 Å². The molecule has 0 unspecified atom stereocenters. The van der Waals surface area contributed by atoms with Gasteiger partial charge in [0.15, 0.2) is 0 Å². The molecule has 1 N–H and O–H groups in total. The third-order valence-electron chi connectivity index (χ3n) is 2.31. The number of nitrogens with zero attached hydrogens (tertiary/aromatic N) is 1. The Morgan fingerprint density at radius 1 is 1.32 bits per heavy atom. The van der Waals surface area contributed by atoms with E-state index in [1.165, 1.54) is 11.3 Å². The monoisotopic (exact) mass is 304 g/mol. The Hall–Kier alpha value is -1.73. The lowest BCUT2D eigenvalue weighted by Crippen LogP contribution is -2.02. The maximum atomic E-state index is 13.5. The predicted molar refractivity (Wildman–Crippen MR) is 69.7 cm³/mol. The van der Waals surface area contributed by atoms with Crippen molar-refractivity contribution < 1.29 is 13.7 Å². The van der Waals surface area contributed by atoms with Crippen molar-refractivity contribution in [3.05, 3.63) is 55.2 Å². The topological polar surface area (TPSA) is 55.2 Å². The largest absolute Gasteiger partial charge is 0.378 e. The molecule has 100 valence electrons. The van der Waals surface area contributed by atoms with E-state index >= 15 is 0 Å². The van der Waals surface area contributed by atoms with Crippen molar-refractivity contribution in [1.82, 2.24) is 0 Å². The minimum absolute atomic E-state index is 0.127. The van der Waals surface area contributed by atoms with E-state index in [9.17, 15) is 18.9 Å². The van der Waals surface area contributed by atoms with E-state index < -0.39 is 22.2 Å². The van der Waals surface area contributed by atoms with E-state index in [0.717, 1.165) is 10.9 Å². The van der Waals surface area contributed by atoms with Gasteiger partial charge in [0.1, 0.15) is 5.82 Å². The van der Waals surface area contributed by atoms with Crippen LogP contribution in [0.1, 0.15) is 4.88 Å². The summed E-state index contributed by atoms with van der Waals surface area (Å²) in [5.41, 5.74) is -0.897. The molecule has 8 heteroatoms. The molecule has 0 aliphatic rings. The highest BCUT2D eigenvalue weighted by Gasteiger charge is 2.18. The van der Waals surface area contributed by atoms with E-state index in [0.29, 0.717) is 11.1 Å². The second-order valence-electron chi connectivity index (χ2n) is 3.63. The molecule has 0 aliphatic heterocycles. The zero-order valence-electron chi connectivity index (χ0n) is 9.32. The van der Waals surface area contributed by atoms with E-state index in [1.54, 1.807) is 11.4 Å². The number of hydrogen-bond acceptors (Lipinski definition) is 4. The van der Waals surface area contributed by atoms with Gasteiger partial charge < -0.3 is 5.32 Å². The average molecular weight is 305 g/mol. The van der Waals surface area contributed by atoms with Gasteiger partial charge in [-0.15, -0.1) is 11.3 Å². The third-order valence-corrected chi connectivity index (χ3v) is 3.59. The Bertz CT molecular complexity index is 633. The maximum absolute atomic E-state index is 13.5. The van der Waals surface area contributed by atoms with E-state index in [2.05, 4.69) is 5.32 Å². The Kier molecular flexibility index (Phi) is 3.96. The third kappa shape index (κ3) is 3.18. The molecule has 0 radical (unpaired) electrons. The number of halogens is 3. The second kappa shape index (κ2) is 5.50. The molecule has 1 heterocycles. The van der Waals surface area contributed by atoms with Crippen molar-refractivity contribution in [2.75, 3.05) is 5.32 Å². The molecule has 2 aromatic rings. The van der Waals surface area contributed by atoms with Crippen molar-refractivity contribution in [1.29, 1.82) is 0 Å². The molecule has 0 saturated heterocycles. The molecular formula is C11H7ClF2N2O2S. The number of thiophene rings is 1. The Morgan fingerprint density at radius 2 is 2.05 bits per heavy atom. The molecule has 0 fully saturated rings. The van der Waals surface area contributed by atoms with Gasteiger partial charge >= 0.3 is 5.69 Å². The highest BCUT2D eigenvalue weighted by Crippen LogP contribution is 2.26. The Balaban J connectivity index is 2.20. The SMILES string of the molecule is O=[N+]([O-])c1cc(NCc2cc(Cl)cs2)c(F)cc1F. The van der Waals surface area contributed by atoms with Crippen molar-refractivity contribution in [3.8, 4) is 0 Å². The highest BCUT2D eigenvalue weighted by atomic mass is 35.5. The lowest BCUT2D eigenvalue weighted by atomic mass is 10.2. The molecule has 0 saturated carbocycles. The van der Waals surface area contributed by atoms with Crippen LogP contribution in [0.25, 0.3) is 0 Å². The van der Waals surface area contributed by atoms with Crippen molar-refractivity contribution >= 4 is 34.3 Å². The van der Waals surface area contributed by atoms with Gasteiger partial charge in [-0.1, -0.05) is 11.6 Å². The normalized spacial score (nSPS) is 10.5. The summed E-state index contributed by atoms with van der Waals surface area (Å²) < 4.78 is 26.6. The zero-order chi connectivity index (χ0) is 14.0. The van der Waals surface area contributed by atoms with Crippen molar-refractivity contribution in [2.24, 2.45) is 0 Å². The molecule has 0 atom stereocenters. The van der Waals surface area contributed by atoms with Crippen LogP contribution < -0.4 is 5.32 Å². The van der Waals surface area contributed by atoms with Gasteiger partial charge in [-0.3, -0.25) is 10.1 Å². The fourth-order valence-corrected chi connectivity index (χ4v) is 2.45. The molecule has 2 rings (SSSR count). The van der Waals surface area contributed by atoms with E-state index in [4.69, 9.17) is 11.6 Å². The summed E-state index contributed by atoms with van der Waals surface area (Å²) in [6, 6.07) is 3.01. The first kappa shape index (κ1) is 13.7. The summed E-state index contributed by atoms with van der Waals surface area (Å²) in [4.78, 5) is 10.5.